The number of amides is 1. The Morgan fingerprint density at radius 3 is 2.33 bits per heavy atom. The summed E-state index contributed by atoms with van der Waals surface area (Å²) in [5.41, 5.74) is 0.616. The van der Waals surface area contributed by atoms with Crippen molar-refractivity contribution in [3.05, 3.63) is 63.6 Å². The first-order valence-electron chi connectivity index (χ1n) is 7.00. The van der Waals surface area contributed by atoms with E-state index in [9.17, 15) is 9.59 Å². The molecule has 0 radical (unpaired) electrons. The van der Waals surface area contributed by atoms with Crippen molar-refractivity contribution >= 4 is 39.4 Å². The summed E-state index contributed by atoms with van der Waals surface area (Å²) in [6.07, 6.45) is 0. The molecule has 2 rings (SSSR count). The third-order valence-corrected chi connectivity index (χ3v) is 3.91. The van der Waals surface area contributed by atoms with E-state index in [-0.39, 0.29) is 6.61 Å². The van der Waals surface area contributed by atoms with E-state index in [0.29, 0.717) is 16.3 Å². The Labute approximate surface area is 153 Å². The topological polar surface area (TPSA) is 64.6 Å². The second-order valence-electron chi connectivity index (χ2n) is 4.82. The van der Waals surface area contributed by atoms with Gasteiger partial charge in [-0.25, -0.2) is 4.79 Å². The second kappa shape index (κ2) is 8.70. The summed E-state index contributed by atoms with van der Waals surface area (Å²) in [6, 6.07) is 12.7. The molecule has 2 aromatic rings. The summed E-state index contributed by atoms with van der Waals surface area (Å²) in [6.45, 7) is -0.231. The molecule has 0 saturated heterocycles. The predicted molar refractivity (Wildman–Crippen MR) is 94.0 cm³/mol. The minimum absolute atomic E-state index is 0.231. The Morgan fingerprint density at radius 1 is 1.12 bits per heavy atom. The Hall–Kier alpha value is -2.05. The summed E-state index contributed by atoms with van der Waals surface area (Å²) >= 11 is 9.11. The summed E-state index contributed by atoms with van der Waals surface area (Å²) in [4.78, 5) is 24.0. The second-order valence-corrected chi connectivity index (χ2v) is 6.17. The van der Waals surface area contributed by atoms with Crippen LogP contribution >= 0.6 is 27.5 Å². The van der Waals surface area contributed by atoms with Gasteiger partial charge in [-0.3, -0.25) is 4.79 Å². The Morgan fingerprint density at radius 2 is 1.75 bits per heavy atom. The smallest absolute Gasteiger partial charge is 0.333 e. The highest BCUT2D eigenvalue weighted by Crippen LogP contribution is 2.19. The molecule has 0 aliphatic rings. The molecule has 0 aliphatic heterocycles. The minimum Gasteiger partial charge on any atom is -0.484 e. The lowest BCUT2D eigenvalue weighted by atomic mass is 10.1. The van der Waals surface area contributed by atoms with Gasteiger partial charge < -0.3 is 14.8 Å². The van der Waals surface area contributed by atoms with Gasteiger partial charge in [-0.2, -0.15) is 0 Å². The summed E-state index contributed by atoms with van der Waals surface area (Å²) in [7, 11) is 1.27. The Balaban J connectivity index is 2.00. The molecular formula is C17H15BrClNO4. The number of nitrogens with one attached hydrogen (secondary N) is 1. The van der Waals surface area contributed by atoms with Crippen LogP contribution in [0.15, 0.2) is 53.0 Å². The lowest BCUT2D eigenvalue weighted by Gasteiger charge is -2.17. The molecule has 0 saturated carbocycles. The van der Waals surface area contributed by atoms with Crippen LogP contribution in [0.4, 0.5) is 0 Å². The van der Waals surface area contributed by atoms with Gasteiger partial charge in [0.15, 0.2) is 12.6 Å². The molecular weight excluding hydrogens is 398 g/mol. The van der Waals surface area contributed by atoms with Crippen LogP contribution in [0.3, 0.4) is 0 Å². The van der Waals surface area contributed by atoms with Crippen LogP contribution in [0.25, 0.3) is 0 Å². The Bertz CT molecular complexity index is 704. The highest BCUT2D eigenvalue weighted by atomic mass is 79.9. The van der Waals surface area contributed by atoms with Crippen LogP contribution in [0, 0.1) is 0 Å². The van der Waals surface area contributed by atoms with Crippen molar-refractivity contribution in [3.8, 4) is 5.75 Å². The molecule has 24 heavy (non-hydrogen) atoms. The highest BCUT2D eigenvalue weighted by Gasteiger charge is 2.23. The van der Waals surface area contributed by atoms with Crippen molar-refractivity contribution in [2.45, 2.75) is 6.04 Å². The van der Waals surface area contributed by atoms with Crippen molar-refractivity contribution in [2.75, 3.05) is 13.7 Å². The molecule has 2 aromatic carbocycles. The third-order valence-electron chi connectivity index (χ3n) is 3.13. The standard InChI is InChI=1S/C17H15BrClNO4/c1-23-17(22)16(11-2-4-12(18)5-3-11)20-15(21)10-24-14-8-6-13(19)7-9-14/h2-9,16H,10H2,1H3,(H,20,21). The van der Waals surface area contributed by atoms with Gasteiger partial charge in [-0.15, -0.1) is 0 Å². The lowest BCUT2D eigenvalue weighted by Crippen LogP contribution is -2.37. The molecule has 126 valence electrons. The van der Waals surface area contributed by atoms with Crippen molar-refractivity contribution < 1.29 is 19.1 Å². The number of hydrogen-bond acceptors (Lipinski definition) is 4. The van der Waals surface area contributed by atoms with Gasteiger partial charge in [0.2, 0.25) is 0 Å². The first kappa shape index (κ1) is 18.3. The molecule has 1 N–H and O–H groups in total. The number of ether oxygens (including phenoxy) is 2. The molecule has 0 spiro atoms. The highest BCUT2D eigenvalue weighted by molar-refractivity contribution is 9.10. The van der Waals surface area contributed by atoms with E-state index in [1.54, 1.807) is 48.5 Å². The third kappa shape index (κ3) is 5.25. The van der Waals surface area contributed by atoms with E-state index >= 15 is 0 Å². The zero-order chi connectivity index (χ0) is 17.5. The largest absolute Gasteiger partial charge is 0.484 e. The normalized spacial score (nSPS) is 11.5. The zero-order valence-electron chi connectivity index (χ0n) is 12.8. The molecule has 1 unspecified atom stereocenters. The van der Waals surface area contributed by atoms with Crippen molar-refractivity contribution in [2.24, 2.45) is 0 Å². The van der Waals surface area contributed by atoms with Gasteiger partial charge in [-0.05, 0) is 42.0 Å². The van der Waals surface area contributed by atoms with E-state index in [1.807, 2.05) is 0 Å². The van der Waals surface area contributed by atoms with E-state index in [4.69, 9.17) is 21.1 Å². The van der Waals surface area contributed by atoms with Crippen LogP contribution in [0.1, 0.15) is 11.6 Å². The number of carbonyl (C=O) groups is 2. The SMILES string of the molecule is COC(=O)C(NC(=O)COc1ccc(Cl)cc1)c1ccc(Br)cc1. The molecule has 1 atom stereocenters. The Kier molecular flexibility index (Phi) is 6.63. The average Bonchev–Trinajstić information content (AvgIpc) is 2.59. The maximum absolute atomic E-state index is 12.1. The van der Waals surface area contributed by atoms with E-state index < -0.39 is 17.9 Å². The molecule has 0 heterocycles. The van der Waals surface area contributed by atoms with Crippen LogP contribution in [0.2, 0.25) is 5.02 Å². The van der Waals surface area contributed by atoms with E-state index in [0.717, 1.165) is 4.47 Å². The van der Waals surface area contributed by atoms with Gasteiger partial charge in [0, 0.05) is 9.50 Å². The molecule has 5 nitrogen and oxygen atoms in total. The van der Waals surface area contributed by atoms with E-state index in [2.05, 4.69) is 21.2 Å². The predicted octanol–water partition coefficient (Wildman–Crippen LogP) is 3.51. The maximum atomic E-state index is 12.1. The van der Waals surface area contributed by atoms with Gasteiger partial charge in [-0.1, -0.05) is 39.7 Å². The number of hydrogen-bond donors (Lipinski definition) is 1. The van der Waals surface area contributed by atoms with Crippen LogP contribution < -0.4 is 10.1 Å². The first-order valence-corrected chi connectivity index (χ1v) is 8.17. The maximum Gasteiger partial charge on any atom is 0.333 e. The number of carbonyl (C=O) groups excluding carboxylic acids is 2. The van der Waals surface area contributed by atoms with Crippen LogP contribution in [0.5, 0.6) is 5.75 Å². The van der Waals surface area contributed by atoms with Crippen LogP contribution in [-0.2, 0) is 14.3 Å². The molecule has 0 bridgehead atoms. The van der Waals surface area contributed by atoms with Gasteiger partial charge in [0.25, 0.3) is 5.91 Å². The molecule has 0 aromatic heterocycles. The summed E-state index contributed by atoms with van der Waals surface area (Å²) < 4.78 is 11.0. The zero-order valence-corrected chi connectivity index (χ0v) is 15.1. The fraction of sp³-hybridized carbons (Fsp3) is 0.176. The van der Waals surface area contributed by atoms with E-state index in [1.165, 1.54) is 7.11 Å². The fourth-order valence-corrected chi connectivity index (χ4v) is 2.32. The van der Waals surface area contributed by atoms with Gasteiger partial charge in [0.1, 0.15) is 5.75 Å². The first-order chi connectivity index (χ1) is 11.5. The minimum atomic E-state index is -0.899. The molecule has 7 heteroatoms. The molecule has 0 aliphatic carbocycles. The average molecular weight is 413 g/mol. The molecule has 0 fully saturated rings. The van der Waals surface area contributed by atoms with Crippen molar-refractivity contribution in [3.63, 3.8) is 0 Å². The number of halogens is 2. The lowest BCUT2D eigenvalue weighted by molar-refractivity contribution is -0.145. The quantitative estimate of drug-likeness (QED) is 0.738. The number of benzene rings is 2. The molecule has 1 amide bonds. The number of rotatable bonds is 6. The number of esters is 1. The number of methoxy groups -OCH3 is 1. The summed E-state index contributed by atoms with van der Waals surface area (Å²) in [5.74, 6) is -0.492. The van der Waals surface area contributed by atoms with Crippen molar-refractivity contribution in [1.82, 2.24) is 5.32 Å². The van der Waals surface area contributed by atoms with Gasteiger partial charge >= 0.3 is 5.97 Å². The van der Waals surface area contributed by atoms with Gasteiger partial charge in [0.05, 0.1) is 7.11 Å². The summed E-state index contributed by atoms with van der Waals surface area (Å²) in [5, 5.41) is 3.18. The fourth-order valence-electron chi connectivity index (χ4n) is 1.93. The monoisotopic (exact) mass is 411 g/mol. The van der Waals surface area contributed by atoms with Crippen LogP contribution in [-0.4, -0.2) is 25.6 Å². The van der Waals surface area contributed by atoms with Crippen molar-refractivity contribution in [1.29, 1.82) is 0 Å².